The van der Waals surface area contributed by atoms with Crippen molar-refractivity contribution in [2.24, 2.45) is 5.10 Å². The summed E-state index contributed by atoms with van der Waals surface area (Å²) in [6, 6.07) is 10.5. The first-order valence-electron chi connectivity index (χ1n) is 9.47. The van der Waals surface area contributed by atoms with E-state index in [0.717, 1.165) is 0 Å². The molecule has 0 spiro atoms. The van der Waals surface area contributed by atoms with Crippen LogP contribution in [0.5, 0.6) is 0 Å². The number of nitrogens with zero attached hydrogens (tertiary/aromatic N) is 2. The van der Waals surface area contributed by atoms with Gasteiger partial charge in [-0.1, -0.05) is 37.6 Å². The Kier molecular flexibility index (Phi) is 5.07. The standard InChI is InChI=1S/C23H19ClN2O3/c1-3-14-12-16(13-15(4-2)22(14)27)20-21(19-10-7-11-29-19)25-26(23(20)28)18-9-6-5-8-17(18)24/h5-13H,3-4H2,1-2H3. The molecule has 1 amide bonds. The summed E-state index contributed by atoms with van der Waals surface area (Å²) in [4.78, 5) is 26.0. The molecule has 146 valence electrons. The van der Waals surface area contributed by atoms with Crippen LogP contribution >= 0.6 is 11.6 Å². The van der Waals surface area contributed by atoms with Gasteiger partial charge in [-0.05, 0) is 54.8 Å². The Morgan fingerprint density at radius 3 is 2.28 bits per heavy atom. The second kappa shape index (κ2) is 7.68. The Balaban J connectivity index is 1.93. The third-order valence-electron chi connectivity index (χ3n) is 4.97. The number of furan rings is 1. The Morgan fingerprint density at radius 2 is 1.69 bits per heavy atom. The summed E-state index contributed by atoms with van der Waals surface area (Å²) >= 11 is 6.31. The highest BCUT2D eigenvalue weighted by molar-refractivity contribution is 6.38. The number of carbonyl (C=O) groups is 2. The van der Waals surface area contributed by atoms with Crippen LogP contribution in [-0.4, -0.2) is 17.4 Å². The van der Waals surface area contributed by atoms with Crippen LogP contribution in [0.1, 0.15) is 32.4 Å². The van der Waals surface area contributed by atoms with E-state index in [1.807, 2.05) is 13.8 Å². The molecular formula is C23H19ClN2O3. The number of hydrogen-bond donors (Lipinski definition) is 0. The van der Waals surface area contributed by atoms with E-state index in [4.69, 9.17) is 16.0 Å². The van der Waals surface area contributed by atoms with Gasteiger partial charge in [-0.15, -0.1) is 0 Å². The first-order chi connectivity index (χ1) is 14.0. The van der Waals surface area contributed by atoms with Gasteiger partial charge < -0.3 is 4.42 Å². The number of carbonyl (C=O) groups excluding carboxylic acids is 2. The van der Waals surface area contributed by atoms with Crippen molar-refractivity contribution in [1.82, 2.24) is 0 Å². The molecule has 1 aromatic heterocycles. The second-order valence-electron chi connectivity index (χ2n) is 6.70. The van der Waals surface area contributed by atoms with E-state index in [-0.39, 0.29) is 11.7 Å². The number of hydrazone groups is 1. The molecule has 4 rings (SSSR count). The van der Waals surface area contributed by atoms with Gasteiger partial charge in [0.1, 0.15) is 5.71 Å². The highest BCUT2D eigenvalue weighted by atomic mass is 35.5. The largest absolute Gasteiger partial charge is 0.463 e. The molecule has 2 aromatic rings. The molecule has 0 bridgehead atoms. The van der Waals surface area contributed by atoms with Gasteiger partial charge in [0.25, 0.3) is 5.91 Å². The number of Topliss-reactive ketones (excluding diaryl/α,β-unsaturated/α-hetero) is 1. The number of rotatable bonds is 4. The Morgan fingerprint density at radius 1 is 1.00 bits per heavy atom. The SMILES string of the molecule is CCC1=CC(=C2C(=O)N(c3ccccc3Cl)N=C2c2ccco2)C=C(CC)C1=O. The van der Waals surface area contributed by atoms with Gasteiger partial charge in [-0.25, -0.2) is 0 Å². The molecule has 2 heterocycles. The molecule has 2 aliphatic rings. The van der Waals surface area contributed by atoms with E-state index in [1.165, 1.54) is 11.3 Å². The third kappa shape index (κ3) is 3.28. The summed E-state index contributed by atoms with van der Waals surface area (Å²) in [5, 5.41) is 6.25. The van der Waals surface area contributed by atoms with E-state index < -0.39 is 0 Å². The van der Waals surface area contributed by atoms with Crippen molar-refractivity contribution in [3.05, 3.63) is 87.9 Å². The van der Waals surface area contributed by atoms with Gasteiger partial charge in [0.05, 0.1) is 22.5 Å². The summed E-state index contributed by atoms with van der Waals surface area (Å²) in [5.74, 6) is 0.196. The van der Waals surface area contributed by atoms with E-state index in [0.29, 0.717) is 57.3 Å². The number of amides is 1. The molecule has 0 saturated carbocycles. The van der Waals surface area contributed by atoms with E-state index >= 15 is 0 Å². The zero-order valence-electron chi connectivity index (χ0n) is 16.1. The van der Waals surface area contributed by atoms with Crippen molar-refractivity contribution in [1.29, 1.82) is 0 Å². The van der Waals surface area contributed by atoms with E-state index in [2.05, 4.69) is 5.10 Å². The third-order valence-corrected chi connectivity index (χ3v) is 5.29. The number of anilines is 1. The fourth-order valence-electron chi connectivity index (χ4n) is 3.46. The minimum Gasteiger partial charge on any atom is -0.463 e. The van der Waals surface area contributed by atoms with Crippen molar-refractivity contribution in [3.8, 4) is 0 Å². The fourth-order valence-corrected chi connectivity index (χ4v) is 3.68. The van der Waals surface area contributed by atoms with Gasteiger partial charge >= 0.3 is 0 Å². The number of halogens is 1. The zero-order chi connectivity index (χ0) is 20.5. The number of allylic oxidation sites excluding steroid dienone is 5. The first-order valence-corrected chi connectivity index (χ1v) is 9.84. The lowest BCUT2D eigenvalue weighted by atomic mass is 9.87. The monoisotopic (exact) mass is 406 g/mol. The van der Waals surface area contributed by atoms with Gasteiger partial charge in [0.15, 0.2) is 11.5 Å². The maximum atomic E-state index is 13.4. The zero-order valence-corrected chi connectivity index (χ0v) is 16.9. The molecule has 0 saturated heterocycles. The molecule has 5 nitrogen and oxygen atoms in total. The van der Waals surface area contributed by atoms with Crippen LogP contribution in [-0.2, 0) is 9.59 Å². The molecule has 29 heavy (non-hydrogen) atoms. The topological polar surface area (TPSA) is 62.9 Å². The highest BCUT2D eigenvalue weighted by Crippen LogP contribution is 2.35. The average molecular weight is 407 g/mol. The van der Waals surface area contributed by atoms with Crippen LogP contribution in [0.3, 0.4) is 0 Å². The van der Waals surface area contributed by atoms with Crippen molar-refractivity contribution >= 4 is 34.7 Å². The highest BCUT2D eigenvalue weighted by Gasteiger charge is 2.37. The number of ketones is 1. The van der Waals surface area contributed by atoms with Crippen molar-refractivity contribution < 1.29 is 14.0 Å². The molecule has 0 fully saturated rings. The molecule has 0 unspecified atom stereocenters. The molecule has 0 atom stereocenters. The first kappa shape index (κ1) is 19.2. The van der Waals surface area contributed by atoms with Gasteiger partial charge in [0.2, 0.25) is 0 Å². The van der Waals surface area contributed by atoms with Crippen LogP contribution in [0.4, 0.5) is 5.69 Å². The average Bonchev–Trinajstić information content (AvgIpc) is 3.37. The summed E-state index contributed by atoms with van der Waals surface area (Å²) < 4.78 is 5.54. The van der Waals surface area contributed by atoms with Crippen molar-refractivity contribution in [3.63, 3.8) is 0 Å². The van der Waals surface area contributed by atoms with E-state index in [9.17, 15) is 9.59 Å². The van der Waals surface area contributed by atoms with Gasteiger partial charge in [-0.2, -0.15) is 10.1 Å². The molecule has 0 radical (unpaired) electrons. The quantitative estimate of drug-likeness (QED) is 0.652. The lowest BCUT2D eigenvalue weighted by Gasteiger charge is -2.16. The molecule has 1 aliphatic carbocycles. The predicted octanol–water partition coefficient (Wildman–Crippen LogP) is 5.24. The van der Waals surface area contributed by atoms with Crippen LogP contribution < -0.4 is 5.01 Å². The predicted molar refractivity (Wildman–Crippen MR) is 113 cm³/mol. The smallest absolute Gasteiger partial charge is 0.281 e. The minimum absolute atomic E-state index is 0.0317. The van der Waals surface area contributed by atoms with Gasteiger partial charge in [0, 0.05) is 11.1 Å². The molecule has 1 aliphatic heterocycles. The second-order valence-corrected chi connectivity index (χ2v) is 7.11. The van der Waals surface area contributed by atoms with Crippen molar-refractivity contribution in [2.45, 2.75) is 26.7 Å². The molecule has 1 aromatic carbocycles. The summed E-state index contributed by atoms with van der Waals surface area (Å²) in [6.45, 7) is 3.86. The lowest BCUT2D eigenvalue weighted by molar-refractivity contribution is -0.114. The van der Waals surface area contributed by atoms with Crippen LogP contribution in [0.2, 0.25) is 5.02 Å². The maximum absolute atomic E-state index is 13.4. The number of benzene rings is 1. The minimum atomic E-state index is -0.313. The summed E-state index contributed by atoms with van der Waals surface area (Å²) in [5.41, 5.74) is 3.31. The Bertz CT molecular complexity index is 1090. The number of para-hydroxylation sites is 1. The Hall–Kier alpha value is -3.18. The van der Waals surface area contributed by atoms with Crippen LogP contribution in [0.25, 0.3) is 0 Å². The molecule has 0 N–H and O–H groups in total. The summed E-state index contributed by atoms with van der Waals surface area (Å²) in [7, 11) is 0. The van der Waals surface area contributed by atoms with Crippen LogP contribution in [0, 0.1) is 0 Å². The van der Waals surface area contributed by atoms with E-state index in [1.54, 1.807) is 48.6 Å². The normalized spacial score (nSPS) is 16.9. The molecule has 6 heteroatoms. The lowest BCUT2D eigenvalue weighted by Crippen LogP contribution is -2.23. The number of hydrogen-bond acceptors (Lipinski definition) is 4. The fraction of sp³-hybridized carbons (Fsp3) is 0.174. The summed E-state index contributed by atoms with van der Waals surface area (Å²) in [6.07, 6.45) is 6.27. The van der Waals surface area contributed by atoms with Crippen LogP contribution in [0.15, 0.2) is 86.6 Å². The molecular weight excluding hydrogens is 388 g/mol. The van der Waals surface area contributed by atoms with Gasteiger partial charge in [-0.3, -0.25) is 9.59 Å². The maximum Gasteiger partial charge on any atom is 0.281 e. The van der Waals surface area contributed by atoms with Crippen molar-refractivity contribution in [2.75, 3.05) is 5.01 Å². The Labute approximate surface area is 173 Å².